The van der Waals surface area contributed by atoms with Gasteiger partial charge >= 0.3 is 5.97 Å². The summed E-state index contributed by atoms with van der Waals surface area (Å²) in [6.45, 7) is 1.69. The molecule has 0 spiro atoms. The summed E-state index contributed by atoms with van der Waals surface area (Å²) in [5.41, 5.74) is 10.6. The highest BCUT2D eigenvalue weighted by Crippen LogP contribution is 1.90. The number of nitrogens with two attached hydrogens (primary N) is 2. The van der Waals surface area contributed by atoms with Gasteiger partial charge in [-0.2, -0.15) is 0 Å². The van der Waals surface area contributed by atoms with Crippen LogP contribution in [0.15, 0.2) is 0 Å². The molecule has 0 aromatic carbocycles. The maximum Gasteiger partial charge on any atom is 0.305 e. The number of carboxylic acids is 1. The van der Waals surface area contributed by atoms with Crippen molar-refractivity contribution in [2.75, 3.05) is 0 Å². The van der Waals surface area contributed by atoms with Crippen molar-refractivity contribution in [2.45, 2.75) is 31.8 Å². The first-order chi connectivity index (χ1) is 6.88. The van der Waals surface area contributed by atoms with Gasteiger partial charge in [0.1, 0.15) is 0 Å². The molecule has 0 aromatic heterocycles. The van der Waals surface area contributed by atoms with Gasteiger partial charge in [0.25, 0.3) is 0 Å². The quantitative estimate of drug-likeness (QED) is 0.427. The number of hydrogen-bond donors (Lipinski definition) is 4. The standard InChI is InChI=1S/C8H15N3O4/c1-2-4(9)7(14)11-8(15)5(10)3-6(12)13/h4-5H,2-3,9-10H2,1H3,(H,12,13)(H,11,14,15)/t4?,5-/m0/s1. The second-order valence-corrected chi connectivity index (χ2v) is 3.07. The van der Waals surface area contributed by atoms with Crippen molar-refractivity contribution in [2.24, 2.45) is 11.5 Å². The highest BCUT2D eigenvalue weighted by molar-refractivity contribution is 6.00. The van der Waals surface area contributed by atoms with E-state index in [1.54, 1.807) is 6.92 Å². The minimum Gasteiger partial charge on any atom is -0.481 e. The van der Waals surface area contributed by atoms with E-state index < -0.39 is 36.3 Å². The summed E-state index contributed by atoms with van der Waals surface area (Å²) in [5, 5.41) is 10.3. The molecule has 0 aliphatic rings. The van der Waals surface area contributed by atoms with Crippen molar-refractivity contribution in [1.29, 1.82) is 0 Å². The fourth-order valence-electron chi connectivity index (χ4n) is 0.773. The third kappa shape index (κ3) is 5.08. The predicted molar refractivity (Wildman–Crippen MR) is 51.6 cm³/mol. The Labute approximate surface area is 86.8 Å². The first-order valence-electron chi connectivity index (χ1n) is 4.46. The van der Waals surface area contributed by atoms with E-state index in [0.29, 0.717) is 6.42 Å². The third-order valence-corrected chi connectivity index (χ3v) is 1.75. The molecule has 6 N–H and O–H groups in total. The van der Waals surface area contributed by atoms with Gasteiger partial charge in [0.2, 0.25) is 11.8 Å². The molecule has 7 heteroatoms. The predicted octanol–water partition coefficient (Wildman–Crippen LogP) is -1.83. The smallest absolute Gasteiger partial charge is 0.305 e. The summed E-state index contributed by atoms with van der Waals surface area (Å²) >= 11 is 0. The van der Waals surface area contributed by atoms with Gasteiger partial charge in [-0.25, -0.2) is 0 Å². The number of amides is 2. The number of carboxylic acid groups (broad SMARTS) is 1. The molecule has 2 amide bonds. The second-order valence-electron chi connectivity index (χ2n) is 3.07. The van der Waals surface area contributed by atoms with Crippen molar-refractivity contribution < 1.29 is 19.5 Å². The van der Waals surface area contributed by atoms with Crippen LogP contribution in [0.3, 0.4) is 0 Å². The minimum absolute atomic E-state index is 0.382. The van der Waals surface area contributed by atoms with Gasteiger partial charge in [-0.05, 0) is 6.42 Å². The summed E-state index contributed by atoms with van der Waals surface area (Å²) in [4.78, 5) is 32.5. The molecule has 15 heavy (non-hydrogen) atoms. The van der Waals surface area contributed by atoms with Crippen molar-refractivity contribution >= 4 is 17.8 Å². The van der Waals surface area contributed by atoms with E-state index >= 15 is 0 Å². The zero-order valence-corrected chi connectivity index (χ0v) is 8.40. The molecule has 0 radical (unpaired) electrons. The number of hydrogen-bond acceptors (Lipinski definition) is 5. The first-order valence-corrected chi connectivity index (χ1v) is 4.46. The van der Waals surface area contributed by atoms with Crippen molar-refractivity contribution in [3.8, 4) is 0 Å². The number of imide groups is 1. The molecule has 0 rings (SSSR count). The Bertz CT molecular complexity index is 267. The van der Waals surface area contributed by atoms with E-state index in [2.05, 4.69) is 0 Å². The average molecular weight is 217 g/mol. The zero-order valence-electron chi connectivity index (χ0n) is 8.40. The molecule has 0 saturated heterocycles. The molecule has 0 bridgehead atoms. The van der Waals surface area contributed by atoms with Gasteiger partial charge < -0.3 is 16.6 Å². The molecule has 1 unspecified atom stereocenters. The van der Waals surface area contributed by atoms with Crippen LogP contribution in [0.5, 0.6) is 0 Å². The Hall–Kier alpha value is -1.47. The van der Waals surface area contributed by atoms with Gasteiger partial charge in [0, 0.05) is 0 Å². The highest BCUT2D eigenvalue weighted by atomic mass is 16.4. The average Bonchev–Trinajstić information content (AvgIpc) is 2.15. The fourth-order valence-corrected chi connectivity index (χ4v) is 0.773. The number of nitrogens with one attached hydrogen (secondary N) is 1. The van der Waals surface area contributed by atoms with E-state index in [9.17, 15) is 14.4 Å². The summed E-state index contributed by atoms with van der Waals surface area (Å²) in [6.07, 6.45) is -0.145. The fraction of sp³-hybridized carbons (Fsp3) is 0.625. The maximum atomic E-state index is 11.1. The number of aliphatic carboxylic acids is 1. The number of carbonyl (C=O) groups excluding carboxylic acids is 2. The Morgan fingerprint density at radius 1 is 1.20 bits per heavy atom. The lowest BCUT2D eigenvalue weighted by Crippen LogP contribution is -2.49. The van der Waals surface area contributed by atoms with E-state index in [1.807, 2.05) is 5.32 Å². The molecular formula is C8H15N3O4. The molecular weight excluding hydrogens is 202 g/mol. The van der Waals surface area contributed by atoms with Gasteiger partial charge in [0.15, 0.2) is 0 Å². The Morgan fingerprint density at radius 2 is 1.67 bits per heavy atom. The lowest BCUT2D eigenvalue weighted by atomic mass is 10.2. The monoisotopic (exact) mass is 217 g/mol. The van der Waals surface area contributed by atoms with Crippen LogP contribution in [0, 0.1) is 0 Å². The highest BCUT2D eigenvalue weighted by Gasteiger charge is 2.21. The molecule has 0 fully saturated rings. The lowest BCUT2D eigenvalue weighted by Gasteiger charge is -2.11. The van der Waals surface area contributed by atoms with Crippen LogP contribution < -0.4 is 16.8 Å². The Kier molecular flexibility index (Phi) is 5.50. The van der Waals surface area contributed by atoms with Crippen LogP contribution in [-0.2, 0) is 14.4 Å². The Morgan fingerprint density at radius 3 is 2.07 bits per heavy atom. The number of rotatable bonds is 5. The van der Waals surface area contributed by atoms with E-state index in [4.69, 9.17) is 16.6 Å². The molecule has 2 atom stereocenters. The van der Waals surface area contributed by atoms with Crippen LogP contribution in [-0.4, -0.2) is 35.0 Å². The molecule has 0 aliphatic heterocycles. The van der Waals surface area contributed by atoms with Crippen LogP contribution in [0.4, 0.5) is 0 Å². The maximum absolute atomic E-state index is 11.1. The molecule has 0 aromatic rings. The summed E-state index contributed by atoms with van der Waals surface area (Å²) in [7, 11) is 0. The van der Waals surface area contributed by atoms with E-state index in [-0.39, 0.29) is 0 Å². The van der Waals surface area contributed by atoms with Crippen molar-refractivity contribution in [3.05, 3.63) is 0 Å². The van der Waals surface area contributed by atoms with Gasteiger partial charge in [-0.15, -0.1) is 0 Å². The Balaban J connectivity index is 4.13. The summed E-state index contributed by atoms with van der Waals surface area (Å²) in [6, 6.07) is -2.03. The van der Waals surface area contributed by atoms with Crippen molar-refractivity contribution in [3.63, 3.8) is 0 Å². The SMILES string of the molecule is CCC(N)C(=O)NC(=O)[C@@H](N)CC(=O)O. The van der Waals surface area contributed by atoms with Gasteiger partial charge in [-0.3, -0.25) is 19.7 Å². The summed E-state index contributed by atoms with van der Waals surface area (Å²) < 4.78 is 0. The topological polar surface area (TPSA) is 136 Å². The van der Waals surface area contributed by atoms with Crippen LogP contribution in [0.2, 0.25) is 0 Å². The number of carbonyl (C=O) groups is 3. The van der Waals surface area contributed by atoms with Crippen LogP contribution in [0.1, 0.15) is 19.8 Å². The first kappa shape index (κ1) is 13.5. The minimum atomic E-state index is -1.24. The molecule has 0 saturated carbocycles. The zero-order chi connectivity index (χ0) is 12.0. The third-order valence-electron chi connectivity index (χ3n) is 1.75. The molecule has 0 aliphatic carbocycles. The molecule has 7 nitrogen and oxygen atoms in total. The summed E-state index contributed by atoms with van der Waals surface area (Å²) in [5.74, 6) is -2.68. The van der Waals surface area contributed by atoms with Gasteiger partial charge in [-0.1, -0.05) is 6.92 Å². The van der Waals surface area contributed by atoms with E-state index in [0.717, 1.165) is 0 Å². The molecule has 86 valence electrons. The van der Waals surface area contributed by atoms with E-state index in [1.165, 1.54) is 0 Å². The largest absolute Gasteiger partial charge is 0.481 e. The van der Waals surface area contributed by atoms with Gasteiger partial charge in [0.05, 0.1) is 18.5 Å². The van der Waals surface area contributed by atoms with Crippen LogP contribution >= 0.6 is 0 Å². The molecule has 0 heterocycles. The second kappa shape index (κ2) is 6.10. The van der Waals surface area contributed by atoms with Crippen LogP contribution in [0.25, 0.3) is 0 Å². The lowest BCUT2D eigenvalue weighted by molar-refractivity contribution is -0.140. The van der Waals surface area contributed by atoms with Crippen molar-refractivity contribution in [1.82, 2.24) is 5.32 Å². The normalized spacial score (nSPS) is 14.1.